The van der Waals surface area contributed by atoms with E-state index in [0.717, 1.165) is 22.4 Å². The van der Waals surface area contributed by atoms with E-state index in [4.69, 9.17) is 39.5 Å². The molecule has 1 aromatic heterocycles. The first-order valence-corrected chi connectivity index (χ1v) is 8.48. The molecular weight excluding hydrogens is 367 g/mol. The van der Waals surface area contributed by atoms with Crippen molar-refractivity contribution in [3.63, 3.8) is 0 Å². The molecule has 0 amide bonds. The Morgan fingerprint density at radius 1 is 1.00 bits per heavy atom. The van der Waals surface area contributed by atoms with Crippen molar-refractivity contribution in [2.75, 3.05) is 0 Å². The van der Waals surface area contributed by atoms with Crippen molar-refractivity contribution in [1.82, 2.24) is 9.78 Å². The standard InChI is InChI=1S/C18H15Cl3N2O/c1-23-18(21)15(17(22-23)12-5-3-2-4-6-12)11-24-10-13-7-8-14(19)9-16(13)20/h2-9H,10-11H2,1H3. The van der Waals surface area contributed by atoms with Crippen LogP contribution in [-0.4, -0.2) is 9.78 Å². The number of aromatic nitrogens is 2. The summed E-state index contributed by atoms with van der Waals surface area (Å²) in [5.41, 5.74) is 3.56. The fraction of sp³-hybridized carbons (Fsp3) is 0.167. The van der Waals surface area contributed by atoms with Crippen LogP contribution in [0.15, 0.2) is 48.5 Å². The lowest BCUT2D eigenvalue weighted by Gasteiger charge is -2.08. The van der Waals surface area contributed by atoms with Crippen LogP contribution in [0.5, 0.6) is 0 Å². The second-order valence-corrected chi connectivity index (χ2v) is 6.54. The average Bonchev–Trinajstić information content (AvgIpc) is 2.86. The van der Waals surface area contributed by atoms with Crippen LogP contribution in [-0.2, 0) is 25.0 Å². The first-order chi connectivity index (χ1) is 11.6. The molecule has 0 saturated heterocycles. The van der Waals surface area contributed by atoms with Gasteiger partial charge in [-0.05, 0) is 17.7 Å². The SMILES string of the molecule is Cn1nc(-c2ccccc2)c(COCc2ccc(Cl)cc2Cl)c1Cl. The van der Waals surface area contributed by atoms with Gasteiger partial charge in [0.15, 0.2) is 0 Å². The number of halogens is 3. The van der Waals surface area contributed by atoms with Gasteiger partial charge in [0.2, 0.25) is 0 Å². The van der Waals surface area contributed by atoms with E-state index in [9.17, 15) is 0 Å². The van der Waals surface area contributed by atoms with Gasteiger partial charge < -0.3 is 4.74 Å². The number of nitrogens with zero attached hydrogens (tertiary/aromatic N) is 2. The van der Waals surface area contributed by atoms with Crippen LogP contribution < -0.4 is 0 Å². The van der Waals surface area contributed by atoms with E-state index in [0.29, 0.717) is 28.4 Å². The van der Waals surface area contributed by atoms with Crippen LogP contribution in [0.3, 0.4) is 0 Å². The molecule has 0 unspecified atom stereocenters. The Bertz CT molecular complexity index is 847. The van der Waals surface area contributed by atoms with Crippen molar-refractivity contribution in [2.45, 2.75) is 13.2 Å². The molecule has 0 fully saturated rings. The Kier molecular flexibility index (Phi) is 5.47. The minimum atomic E-state index is 0.343. The van der Waals surface area contributed by atoms with Crippen LogP contribution >= 0.6 is 34.8 Å². The van der Waals surface area contributed by atoms with Crippen molar-refractivity contribution in [2.24, 2.45) is 7.05 Å². The molecule has 0 bridgehead atoms. The Balaban J connectivity index is 1.78. The summed E-state index contributed by atoms with van der Waals surface area (Å²) in [7, 11) is 1.81. The van der Waals surface area contributed by atoms with Gasteiger partial charge >= 0.3 is 0 Å². The summed E-state index contributed by atoms with van der Waals surface area (Å²) in [6, 6.07) is 15.2. The molecule has 3 rings (SSSR count). The summed E-state index contributed by atoms with van der Waals surface area (Å²) in [5.74, 6) is 0. The third-order valence-electron chi connectivity index (χ3n) is 3.64. The van der Waals surface area contributed by atoms with E-state index in [1.54, 1.807) is 16.8 Å². The molecule has 3 nitrogen and oxygen atoms in total. The maximum absolute atomic E-state index is 6.37. The van der Waals surface area contributed by atoms with Crippen LogP contribution in [0.2, 0.25) is 15.2 Å². The van der Waals surface area contributed by atoms with E-state index in [2.05, 4.69) is 5.10 Å². The molecule has 124 valence electrons. The maximum Gasteiger partial charge on any atom is 0.132 e. The molecule has 1 heterocycles. The minimum Gasteiger partial charge on any atom is -0.372 e. The predicted molar refractivity (Wildman–Crippen MR) is 98.6 cm³/mol. The second-order valence-electron chi connectivity index (χ2n) is 5.34. The smallest absolute Gasteiger partial charge is 0.132 e. The molecule has 0 saturated carbocycles. The highest BCUT2D eigenvalue weighted by Crippen LogP contribution is 2.29. The first kappa shape index (κ1) is 17.3. The van der Waals surface area contributed by atoms with Gasteiger partial charge in [0, 0.05) is 28.2 Å². The third kappa shape index (κ3) is 3.76. The number of benzene rings is 2. The summed E-state index contributed by atoms with van der Waals surface area (Å²) in [5, 5.41) is 6.25. The van der Waals surface area contributed by atoms with Crippen molar-refractivity contribution >= 4 is 34.8 Å². The van der Waals surface area contributed by atoms with Gasteiger partial charge in [-0.3, -0.25) is 4.68 Å². The van der Waals surface area contributed by atoms with Crippen molar-refractivity contribution in [1.29, 1.82) is 0 Å². The van der Waals surface area contributed by atoms with Gasteiger partial charge in [0.05, 0.1) is 18.9 Å². The Morgan fingerprint density at radius 3 is 2.46 bits per heavy atom. The third-order valence-corrected chi connectivity index (χ3v) is 4.69. The van der Waals surface area contributed by atoms with E-state index < -0.39 is 0 Å². The minimum absolute atomic E-state index is 0.343. The maximum atomic E-state index is 6.37. The van der Waals surface area contributed by atoms with E-state index in [1.807, 2.05) is 43.4 Å². The van der Waals surface area contributed by atoms with Crippen molar-refractivity contribution in [3.05, 3.63) is 74.9 Å². The predicted octanol–water partition coefficient (Wildman–Crippen LogP) is 5.76. The molecule has 0 aliphatic carbocycles. The second kappa shape index (κ2) is 7.58. The molecule has 3 aromatic rings. The van der Waals surface area contributed by atoms with Crippen LogP contribution in [0.25, 0.3) is 11.3 Å². The average molecular weight is 382 g/mol. The topological polar surface area (TPSA) is 27.1 Å². The van der Waals surface area contributed by atoms with Crippen LogP contribution in [0, 0.1) is 0 Å². The van der Waals surface area contributed by atoms with Crippen LogP contribution in [0.1, 0.15) is 11.1 Å². The van der Waals surface area contributed by atoms with E-state index >= 15 is 0 Å². The summed E-state index contributed by atoms with van der Waals surface area (Å²) >= 11 is 18.4. The molecule has 6 heteroatoms. The summed E-state index contributed by atoms with van der Waals surface area (Å²) in [6.07, 6.45) is 0. The zero-order valence-corrected chi connectivity index (χ0v) is 15.2. The molecule has 24 heavy (non-hydrogen) atoms. The lowest BCUT2D eigenvalue weighted by Crippen LogP contribution is -1.96. The van der Waals surface area contributed by atoms with Gasteiger partial charge in [-0.2, -0.15) is 5.10 Å². The van der Waals surface area contributed by atoms with Gasteiger partial charge in [-0.25, -0.2) is 0 Å². The lowest BCUT2D eigenvalue weighted by atomic mass is 10.1. The zero-order chi connectivity index (χ0) is 17.1. The van der Waals surface area contributed by atoms with Gasteiger partial charge in [0.25, 0.3) is 0 Å². The fourth-order valence-electron chi connectivity index (χ4n) is 2.40. The normalized spacial score (nSPS) is 11.0. The molecule has 0 aliphatic heterocycles. The monoisotopic (exact) mass is 380 g/mol. The number of ether oxygens (including phenoxy) is 1. The van der Waals surface area contributed by atoms with Gasteiger partial charge in [-0.1, -0.05) is 71.2 Å². The van der Waals surface area contributed by atoms with E-state index in [1.165, 1.54) is 0 Å². The quantitative estimate of drug-likeness (QED) is 0.561. The number of aryl methyl sites for hydroxylation is 1. The number of hydrogen-bond donors (Lipinski definition) is 0. The summed E-state index contributed by atoms with van der Waals surface area (Å²) in [6.45, 7) is 0.714. The molecular formula is C18H15Cl3N2O. The Hall–Kier alpha value is -1.52. The van der Waals surface area contributed by atoms with E-state index in [-0.39, 0.29) is 0 Å². The Morgan fingerprint density at radius 2 is 1.75 bits per heavy atom. The molecule has 2 aromatic carbocycles. The molecule has 0 atom stereocenters. The highest BCUT2D eigenvalue weighted by Gasteiger charge is 2.16. The zero-order valence-electron chi connectivity index (χ0n) is 13.0. The molecule has 0 aliphatic rings. The molecule has 0 N–H and O–H groups in total. The first-order valence-electron chi connectivity index (χ1n) is 7.34. The van der Waals surface area contributed by atoms with Gasteiger partial charge in [0.1, 0.15) is 5.15 Å². The summed E-state index contributed by atoms with van der Waals surface area (Å²) in [4.78, 5) is 0. The largest absolute Gasteiger partial charge is 0.372 e. The van der Waals surface area contributed by atoms with Crippen LogP contribution in [0.4, 0.5) is 0 Å². The number of hydrogen-bond acceptors (Lipinski definition) is 2. The summed E-state index contributed by atoms with van der Waals surface area (Å²) < 4.78 is 7.47. The van der Waals surface area contributed by atoms with Gasteiger partial charge in [-0.15, -0.1) is 0 Å². The lowest BCUT2D eigenvalue weighted by molar-refractivity contribution is 0.107. The molecule has 0 spiro atoms. The Labute approximate surface area is 155 Å². The van der Waals surface area contributed by atoms with Crippen molar-refractivity contribution < 1.29 is 4.74 Å². The highest BCUT2D eigenvalue weighted by atomic mass is 35.5. The molecule has 0 radical (unpaired) electrons. The fourth-order valence-corrected chi connectivity index (χ4v) is 3.05. The highest BCUT2D eigenvalue weighted by molar-refractivity contribution is 6.35. The number of rotatable bonds is 5. The van der Waals surface area contributed by atoms with Crippen molar-refractivity contribution in [3.8, 4) is 11.3 Å².